The second-order valence-electron chi connectivity index (χ2n) is 7.86. The average Bonchev–Trinajstić information content (AvgIpc) is 2.69. The first-order valence-corrected chi connectivity index (χ1v) is 9.85. The number of amides is 1. The number of nitrogens with zero attached hydrogens (tertiary/aromatic N) is 1. The van der Waals surface area contributed by atoms with E-state index in [1.165, 1.54) is 24.8 Å². The van der Waals surface area contributed by atoms with Gasteiger partial charge < -0.3 is 10.4 Å². The summed E-state index contributed by atoms with van der Waals surface area (Å²) in [6, 6.07) is 10.6. The molecule has 2 N–H and O–H groups in total. The molecule has 4 heteroatoms. The Bertz CT molecular complexity index is 546. The molecule has 1 heterocycles. The smallest absolute Gasteiger partial charge is 0.237 e. The zero-order chi connectivity index (χ0) is 17.7. The van der Waals surface area contributed by atoms with Gasteiger partial charge in [0.25, 0.3) is 0 Å². The van der Waals surface area contributed by atoms with Crippen LogP contribution in [0.15, 0.2) is 30.3 Å². The Balaban J connectivity index is 1.56. The summed E-state index contributed by atoms with van der Waals surface area (Å²) in [7, 11) is 0. The third kappa shape index (κ3) is 4.24. The maximum Gasteiger partial charge on any atom is 0.237 e. The molecule has 1 saturated carbocycles. The Morgan fingerprint density at radius 1 is 1.20 bits per heavy atom. The highest BCUT2D eigenvalue weighted by atomic mass is 16.3. The lowest BCUT2D eigenvalue weighted by atomic mass is 9.73. The highest BCUT2D eigenvalue weighted by Crippen LogP contribution is 2.35. The van der Waals surface area contributed by atoms with Gasteiger partial charge in [0.2, 0.25) is 5.91 Å². The lowest BCUT2D eigenvalue weighted by Crippen LogP contribution is -2.53. The molecule has 2 aliphatic rings. The fraction of sp³-hybridized carbons (Fsp3) is 0.667. The molecule has 0 spiro atoms. The van der Waals surface area contributed by atoms with Crippen LogP contribution in [0.1, 0.15) is 57.4 Å². The molecule has 25 heavy (non-hydrogen) atoms. The van der Waals surface area contributed by atoms with Crippen molar-refractivity contribution in [3.63, 3.8) is 0 Å². The summed E-state index contributed by atoms with van der Waals surface area (Å²) in [5.41, 5.74) is 1.06. The first kappa shape index (κ1) is 18.4. The number of aliphatic hydroxyl groups excluding tert-OH is 1. The molecule has 1 aliphatic heterocycles. The molecule has 1 aliphatic carbocycles. The second kappa shape index (κ2) is 8.33. The van der Waals surface area contributed by atoms with E-state index in [-0.39, 0.29) is 24.0 Å². The molecule has 1 amide bonds. The molecule has 4 nitrogen and oxygen atoms in total. The van der Waals surface area contributed by atoms with Gasteiger partial charge >= 0.3 is 0 Å². The first-order valence-electron chi connectivity index (χ1n) is 9.85. The highest BCUT2D eigenvalue weighted by Gasteiger charge is 2.38. The minimum atomic E-state index is -0.155. The highest BCUT2D eigenvalue weighted by molar-refractivity contribution is 5.81. The second-order valence-corrected chi connectivity index (χ2v) is 7.86. The SMILES string of the molecule is CC(C(=O)NC1CCCCC1)N1CCC(CO)(c2ccccc2)CC1. The topological polar surface area (TPSA) is 52.6 Å². The van der Waals surface area contributed by atoms with E-state index < -0.39 is 0 Å². The maximum absolute atomic E-state index is 12.6. The monoisotopic (exact) mass is 344 g/mol. The van der Waals surface area contributed by atoms with Gasteiger partial charge in [-0.1, -0.05) is 49.6 Å². The number of aliphatic hydroxyl groups is 1. The molecule has 0 bridgehead atoms. The van der Waals surface area contributed by atoms with Crippen molar-refractivity contribution < 1.29 is 9.90 Å². The predicted octanol–water partition coefficient (Wildman–Crippen LogP) is 2.85. The molecular weight excluding hydrogens is 312 g/mol. The molecule has 1 unspecified atom stereocenters. The van der Waals surface area contributed by atoms with E-state index in [1.54, 1.807) is 0 Å². The summed E-state index contributed by atoms with van der Waals surface area (Å²) in [5.74, 6) is 0.170. The fourth-order valence-corrected chi connectivity index (χ4v) is 4.40. The van der Waals surface area contributed by atoms with E-state index in [0.717, 1.165) is 38.8 Å². The van der Waals surface area contributed by atoms with Gasteiger partial charge in [-0.15, -0.1) is 0 Å². The molecule has 2 fully saturated rings. The molecule has 3 rings (SSSR count). The third-order valence-corrected chi connectivity index (χ3v) is 6.32. The van der Waals surface area contributed by atoms with Gasteiger partial charge in [-0.2, -0.15) is 0 Å². The number of hydrogen-bond acceptors (Lipinski definition) is 3. The van der Waals surface area contributed by atoms with Crippen LogP contribution in [-0.2, 0) is 10.2 Å². The van der Waals surface area contributed by atoms with Crippen LogP contribution in [0.5, 0.6) is 0 Å². The molecule has 1 atom stereocenters. The molecule has 0 radical (unpaired) electrons. The number of carbonyl (C=O) groups is 1. The Kier molecular flexibility index (Phi) is 6.13. The van der Waals surface area contributed by atoms with Crippen LogP contribution in [-0.4, -0.2) is 47.7 Å². The van der Waals surface area contributed by atoms with Crippen LogP contribution in [0.4, 0.5) is 0 Å². The van der Waals surface area contributed by atoms with E-state index in [1.807, 2.05) is 25.1 Å². The van der Waals surface area contributed by atoms with Gasteiger partial charge in [-0.3, -0.25) is 9.69 Å². The number of nitrogens with one attached hydrogen (secondary N) is 1. The number of benzene rings is 1. The van der Waals surface area contributed by atoms with Crippen LogP contribution in [0.25, 0.3) is 0 Å². The van der Waals surface area contributed by atoms with Gasteiger partial charge in [0.05, 0.1) is 12.6 Å². The summed E-state index contributed by atoms with van der Waals surface area (Å²) < 4.78 is 0. The normalized spacial score (nSPS) is 23.1. The van der Waals surface area contributed by atoms with Gasteiger partial charge in [-0.25, -0.2) is 0 Å². The fourth-order valence-electron chi connectivity index (χ4n) is 4.40. The number of carbonyl (C=O) groups excluding carboxylic acids is 1. The number of likely N-dealkylation sites (tertiary alicyclic amines) is 1. The minimum Gasteiger partial charge on any atom is -0.395 e. The molecule has 1 saturated heterocycles. The quantitative estimate of drug-likeness (QED) is 0.864. The van der Waals surface area contributed by atoms with Gasteiger partial charge in [0.15, 0.2) is 0 Å². The van der Waals surface area contributed by atoms with Crippen LogP contribution < -0.4 is 5.32 Å². The summed E-state index contributed by atoms with van der Waals surface area (Å²) in [4.78, 5) is 14.9. The van der Waals surface area contributed by atoms with Crippen molar-refractivity contribution in [2.75, 3.05) is 19.7 Å². The lowest BCUT2D eigenvalue weighted by Gasteiger charge is -2.43. The Labute approximate surface area is 151 Å². The Hall–Kier alpha value is -1.39. The summed E-state index contributed by atoms with van der Waals surface area (Å²) in [6.45, 7) is 3.91. The van der Waals surface area contributed by atoms with Crippen molar-refractivity contribution in [2.24, 2.45) is 0 Å². The van der Waals surface area contributed by atoms with Crippen LogP contribution in [0, 0.1) is 0 Å². The standard InChI is InChI=1S/C21H32N2O2/c1-17(20(25)22-19-10-6-3-7-11-19)23-14-12-21(16-24,13-15-23)18-8-4-2-5-9-18/h2,4-5,8-9,17,19,24H,3,6-7,10-16H2,1H3,(H,22,25). The van der Waals surface area contributed by atoms with Crippen molar-refractivity contribution in [3.8, 4) is 0 Å². The minimum absolute atomic E-state index is 0.0885. The van der Waals surface area contributed by atoms with Gasteiger partial charge in [0, 0.05) is 11.5 Å². The van der Waals surface area contributed by atoms with E-state index in [0.29, 0.717) is 6.04 Å². The third-order valence-electron chi connectivity index (χ3n) is 6.32. The molecular formula is C21H32N2O2. The van der Waals surface area contributed by atoms with Crippen LogP contribution in [0.3, 0.4) is 0 Å². The summed E-state index contributed by atoms with van der Waals surface area (Å²) in [6.07, 6.45) is 7.82. The zero-order valence-electron chi connectivity index (χ0n) is 15.4. The lowest BCUT2D eigenvalue weighted by molar-refractivity contribution is -0.127. The molecule has 138 valence electrons. The van der Waals surface area contributed by atoms with Crippen LogP contribution >= 0.6 is 0 Å². The number of piperidine rings is 1. The predicted molar refractivity (Wildman–Crippen MR) is 100 cm³/mol. The molecule has 1 aromatic rings. The van der Waals surface area contributed by atoms with E-state index in [2.05, 4.69) is 22.3 Å². The van der Waals surface area contributed by atoms with Gasteiger partial charge in [-0.05, 0) is 51.3 Å². The van der Waals surface area contributed by atoms with E-state index >= 15 is 0 Å². The number of rotatable bonds is 5. The summed E-state index contributed by atoms with van der Waals surface area (Å²) >= 11 is 0. The van der Waals surface area contributed by atoms with Crippen molar-refractivity contribution in [3.05, 3.63) is 35.9 Å². The Morgan fingerprint density at radius 2 is 1.84 bits per heavy atom. The zero-order valence-corrected chi connectivity index (χ0v) is 15.4. The first-order chi connectivity index (χ1) is 12.1. The average molecular weight is 344 g/mol. The molecule has 0 aromatic heterocycles. The van der Waals surface area contributed by atoms with Crippen molar-refractivity contribution in [1.29, 1.82) is 0 Å². The van der Waals surface area contributed by atoms with E-state index in [4.69, 9.17) is 0 Å². The molecule has 1 aromatic carbocycles. The van der Waals surface area contributed by atoms with Crippen molar-refractivity contribution >= 4 is 5.91 Å². The van der Waals surface area contributed by atoms with Crippen LogP contribution in [0.2, 0.25) is 0 Å². The van der Waals surface area contributed by atoms with Crippen molar-refractivity contribution in [2.45, 2.75) is 69.4 Å². The Morgan fingerprint density at radius 3 is 2.44 bits per heavy atom. The number of hydrogen-bond donors (Lipinski definition) is 2. The van der Waals surface area contributed by atoms with Crippen molar-refractivity contribution in [1.82, 2.24) is 10.2 Å². The van der Waals surface area contributed by atoms with Gasteiger partial charge in [0.1, 0.15) is 0 Å². The summed E-state index contributed by atoms with van der Waals surface area (Å²) in [5, 5.41) is 13.3. The largest absolute Gasteiger partial charge is 0.395 e. The maximum atomic E-state index is 12.6. The van der Waals surface area contributed by atoms with E-state index in [9.17, 15) is 9.90 Å².